The molecule has 0 fully saturated rings. The van der Waals surface area contributed by atoms with E-state index in [9.17, 15) is 4.79 Å². The fourth-order valence-electron chi connectivity index (χ4n) is 2.52. The van der Waals surface area contributed by atoms with E-state index in [2.05, 4.69) is 10.5 Å². The molecule has 0 unspecified atom stereocenters. The van der Waals surface area contributed by atoms with Gasteiger partial charge in [-0.15, -0.1) is 0 Å². The summed E-state index contributed by atoms with van der Waals surface area (Å²) in [6.45, 7) is 3.97. The number of carbonyl (C=O) groups is 1. The monoisotopic (exact) mass is 322 g/mol. The molecule has 1 heterocycles. The van der Waals surface area contributed by atoms with Crippen LogP contribution in [0, 0.1) is 13.8 Å². The van der Waals surface area contributed by atoms with Crippen LogP contribution in [0.5, 0.6) is 5.75 Å². The van der Waals surface area contributed by atoms with E-state index >= 15 is 0 Å². The standard InChI is InChI=1S/C19H18N2O3/c1-12-8-13(2)10-15(9-12)20-19(22)17-11-18(24-21-17)14-4-6-16(23-3)7-5-14/h4-11H,1-3H3,(H,20,22). The molecule has 5 nitrogen and oxygen atoms in total. The molecule has 0 bridgehead atoms. The second-order valence-electron chi connectivity index (χ2n) is 5.64. The van der Waals surface area contributed by atoms with Crippen LogP contribution in [-0.4, -0.2) is 18.2 Å². The number of nitrogens with zero attached hydrogens (tertiary/aromatic N) is 1. The molecule has 3 aromatic rings. The van der Waals surface area contributed by atoms with Crippen LogP contribution in [0.4, 0.5) is 5.69 Å². The Bertz CT molecular complexity index is 846. The van der Waals surface area contributed by atoms with Gasteiger partial charge >= 0.3 is 0 Å². The van der Waals surface area contributed by atoms with Crippen LogP contribution in [0.2, 0.25) is 0 Å². The maximum Gasteiger partial charge on any atom is 0.277 e. The number of methoxy groups -OCH3 is 1. The van der Waals surface area contributed by atoms with Gasteiger partial charge in [0.1, 0.15) is 5.75 Å². The molecule has 0 aliphatic heterocycles. The average Bonchev–Trinajstić information content (AvgIpc) is 3.04. The third-order valence-electron chi connectivity index (χ3n) is 3.60. The predicted molar refractivity (Wildman–Crippen MR) is 92.4 cm³/mol. The second-order valence-corrected chi connectivity index (χ2v) is 5.64. The molecular formula is C19H18N2O3. The summed E-state index contributed by atoms with van der Waals surface area (Å²) in [6.07, 6.45) is 0. The minimum Gasteiger partial charge on any atom is -0.497 e. The summed E-state index contributed by atoms with van der Waals surface area (Å²) >= 11 is 0. The SMILES string of the molecule is COc1ccc(-c2cc(C(=O)Nc3cc(C)cc(C)c3)no2)cc1. The number of anilines is 1. The number of amides is 1. The lowest BCUT2D eigenvalue weighted by molar-refractivity contribution is 0.101. The van der Waals surface area contributed by atoms with Gasteiger partial charge in [-0.2, -0.15) is 0 Å². The van der Waals surface area contributed by atoms with Crippen LogP contribution < -0.4 is 10.1 Å². The number of carbonyl (C=O) groups excluding carboxylic acids is 1. The first-order valence-corrected chi connectivity index (χ1v) is 7.56. The topological polar surface area (TPSA) is 64.4 Å². The van der Waals surface area contributed by atoms with Crippen molar-refractivity contribution in [2.45, 2.75) is 13.8 Å². The predicted octanol–water partition coefficient (Wildman–Crippen LogP) is 4.22. The Morgan fingerprint density at radius 3 is 2.33 bits per heavy atom. The number of hydrogen-bond acceptors (Lipinski definition) is 4. The normalized spacial score (nSPS) is 10.5. The third kappa shape index (κ3) is 3.46. The largest absolute Gasteiger partial charge is 0.497 e. The summed E-state index contributed by atoms with van der Waals surface area (Å²) in [5.41, 5.74) is 3.98. The van der Waals surface area contributed by atoms with Crippen LogP contribution in [0.25, 0.3) is 11.3 Å². The number of rotatable bonds is 4. The molecule has 0 saturated carbocycles. The van der Waals surface area contributed by atoms with E-state index in [1.54, 1.807) is 13.2 Å². The molecular weight excluding hydrogens is 304 g/mol. The van der Waals surface area contributed by atoms with Gasteiger partial charge in [-0.25, -0.2) is 0 Å². The molecule has 2 aromatic carbocycles. The van der Waals surface area contributed by atoms with Gasteiger partial charge in [-0.05, 0) is 61.4 Å². The van der Waals surface area contributed by atoms with Crippen LogP contribution in [-0.2, 0) is 0 Å². The van der Waals surface area contributed by atoms with E-state index < -0.39 is 0 Å². The molecule has 5 heteroatoms. The zero-order valence-corrected chi connectivity index (χ0v) is 13.8. The Hall–Kier alpha value is -3.08. The minimum absolute atomic E-state index is 0.236. The summed E-state index contributed by atoms with van der Waals surface area (Å²) in [4.78, 5) is 12.3. The highest BCUT2D eigenvalue weighted by molar-refractivity contribution is 6.03. The van der Waals surface area contributed by atoms with E-state index in [1.807, 2.05) is 56.3 Å². The van der Waals surface area contributed by atoms with E-state index in [1.165, 1.54) is 0 Å². The molecule has 3 rings (SSSR count). The number of nitrogens with one attached hydrogen (secondary N) is 1. The Kier molecular flexibility index (Phi) is 4.33. The third-order valence-corrected chi connectivity index (χ3v) is 3.60. The highest BCUT2D eigenvalue weighted by atomic mass is 16.5. The molecule has 24 heavy (non-hydrogen) atoms. The van der Waals surface area contributed by atoms with Crippen LogP contribution in [0.1, 0.15) is 21.6 Å². The van der Waals surface area contributed by atoms with Crippen molar-refractivity contribution in [3.63, 3.8) is 0 Å². The fraction of sp³-hybridized carbons (Fsp3) is 0.158. The Balaban J connectivity index is 1.77. The highest BCUT2D eigenvalue weighted by Crippen LogP contribution is 2.23. The van der Waals surface area contributed by atoms with Crippen molar-refractivity contribution in [3.05, 3.63) is 65.4 Å². The van der Waals surface area contributed by atoms with Crippen molar-refractivity contribution in [1.82, 2.24) is 5.16 Å². The van der Waals surface area contributed by atoms with E-state index in [-0.39, 0.29) is 11.6 Å². The molecule has 1 amide bonds. The maximum atomic E-state index is 12.3. The lowest BCUT2D eigenvalue weighted by atomic mass is 10.1. The highest BCUT2D eigenvalue weighted by Gasteiger charge is 2.14. The molecule has 0 atom stereocenters. The van der Waals surface area contributed by atoms with Gasteiger partial charge in [-0.1, -0.05) is 11.2 Å². The van der Waals surface area contributed by atoms with Crippen molar-refractivity contribution in [2.75, 3.05) is 12.4 Å². The lowest BCUT2D eigenvalue weighted by Gasteiger charge is -2.05. The number of hydrogen-bond donors (Lipinski definition) is 1. The Morgan fingerprint density at radius 1 is 1.04 bits per heavy atom. The van der Waals surface area contributed by atoms with Crippen molar-refractivity contribution in [2.24, 2.45) is 0 Å². The van der Waals surface area contributed by atoms with Crippen LogP contribution in [0.3, 0.4) is 0 Å². The van der Waals surface area contributed by atoms with Gasteiger partial charge < -0.3 is 14.6 Å². The van der Waals surface area contributed by atoms with Crippen molar-refractivity contribution >= 4 is 11.6 Å². The van der Waals surface area contributed by atoms with Gasteiger partial charge in [0.05, 0.1) is 7.11 Å². The number of ether oxygens (including phenoxy) is 1. The molecule has 122 valence electrons. The molecule has 0 spiro atoms. The molecule has 0 aliphatic rings. The summed E-state index contributed by atoms with van der Waals surface area (Å²) in [5, 5.41) is 6.70. The zero-order chi connectivity index (χ0) is 17.1. The molecule has 0 radical (unpaired) electrons. The van der Waals surface area contributed by atoms with Gasteiger partial charge in [0.2, 0.25) is 0 Å². The number of benzene rings is 2. The quantitative estimate of drug-likeness (QED) is 0.781. The van der Waals surface area contributed by atoms with E-state index in [4.69, 9.17) is 9.26 Å². The van der Waals surface area contributed by atoms with Crippen molar-refractivity contribution < 1.29 is 14.1 Å². The summed E-state index contributed by atoms with van der Waals surface area (Å²) in [7, 11) is 1.61. The first-order chi connectivity index (χ1) is 11.5. The lowest BCUT2D eigenvalue weighted by Crippen LogP contribution is -2.12. The van der Waals surface area contributed by atoms with Gasteiger partial charge in [0.15, 0.2) is 11.5 Å². The van der Waals surface area contributed by atoms with Gasteiger partial charge in [-0.3, -0.25) is 4.79 Å². The maximum absolute atomic E-state index is 12.3. The Morgan fingerprint density at radius 2 is 1.71 bits per heavy atom. The molecule has 0 aliphatic carbocycles. The van der Waals surface area contributed by atoms with E-state index in [0.29, 0.717) is 5.76 Å². The van der Waals surface area contributed by atoms with Gasteiger partial charge in [0.25, 0.3) is 5.91 Å². The molecule has 1 aromatic heterocycles. The number of aromatic nitrogens is 1. The second kappa shape index (κ2) is 6.58. The summed E-state index contributed by atoms with van der Waals surface area (Å²) < 4.78 is 10.4. The summed E-state index contributed by atoms with van der Waals surface area (Å²) in [6, 6.07) is 14.9. The molecule has 1 N–H and O–H groups in total. The zero-order valence-electron chi connectivity index (χ0n) is 13.8. The Labute approximate surface area is 140 Å². The minimum atomic E-state index is -0.302. The van der Waals surface area contributed by atoms with Crippen molar-refractivity contribution in [1.29, 1.82) is 0 Å². The molecule has 0 saturated heterocycles. The van der Waals surface area contributed by atoms with E-state index in [0.717, 1.165) is 28.1 Å². The average molecular weight is 322 g/mol. The smallest absolute Gasteiger partial charge is 0.277 e. The first-order valence-electron chi connectivity index (χ1n) is 7.56. The van der Waals surface area contributed by atoms with Crippen molar-refractivity contribution in [3.8, 4) is 17.1 Å². The summed E-state index contributed by atoms with van der Waals surface area (Å²) in [5.74, 6) is 0.984. The number of aryl methyl sites for hydroxylation is 2. The van der Waals surface area contributed by atoms with Crippen LogP contribution in [0.15, 0.2) is 53.1 Å². The van der Waals surface area contributed by atoms with Crippen LogP contribution >= 0.6 is 0 Å². The van der Waals surface area contributed by atoms with Gasteiger partial charge in [0, 0.05) is 17.3 Å². The first kappa shape index (κ1) is 15.8. The fourth-order valence-corrected chi connectivity index (χ4v) is 2.52.